The number of likely N-dealkylation sites (N-methyl/N-ethyl adjacent to an activating group) is 2. The van der Waals surface area contributed by atoms with Gasteiger partial charge in [0.2, 0.25) is 23.6 Å². The summed E-state index contributed by atoms with van der Waals surface area (Å²) in [7, 11) is 3.39. The third-order valence-electron chi connectivity index (χ3n) is 8.65. The number of terminal acetylenes is 1. The normalized spacial score (nSPS) is 21.6. The summed E-state index contributed by atoms with van der Waals surface area (Å²) in [6, 6.07) is -1.67. The summed E-state index contributed by atoms with van der Waals surface area (Å²) in [6.07, 6.45) is 11.4. The smallest absolute Gasteiger partial charge is 0.249 e. The van der Waals surface area contributed by atoms with Gasteiger partial charge in [0.15, 0.2) is 0 Å². The first-order valence-electron chi connectivity index (χ1n) is 15.5. The highest BCUT2D eigenvalue weighted by Crippen LogP contribution is 2.27. The predicted molar refractivity (Wildman–Crippen MR) is 167 cm³/mol. The fourth-order valence-corrected chi connectivity index (χ4v) is 6.13. The maximum atomic E-state index is 14.1. The lowest BCUT2D eigenvalue weighted by Gasteiger charge is -2.41. The fraction of sp³-hybridized carbons (Fsp3) is 0.758. The zero-order valence-electron chi connectivity index (χ0n) is 27.7. The van der Waals surface area contributed by atoms with Crippen molar-refractivity contribution in [3.63, 3.8) is 0 Å². The number of likely N-dealkylation sites (tertiary alicyclic amines) is 2. The first-order valence-corrected chi connectivity index (χ1v) is 15.5. The molecule has 1 N–H and O–H groups in total. The van der Waals surface area contributed by atoms with Crippen LogP contribution in [0.3, 0.4) is 0 Å². The molecular weight excluding hydrogens is 530 g/mol. The molecule has 42 heavy (non-hydrogen) atoms. The number of rotatable bonds is 10. The topological polar surface area (TPSA) is 93.3 Å². The Morgan fingerprint density at radius 2 is 1.62 bits per heavy atom. The van der Waals surface area contributed by atoms with E-state index >= 15 is 0 Å². The summed E-state index contributed by atoms with van der Waals surface area (Å²) < 4.78 is 0. The van der Waals surface area contributed by atoms with Gasteiger partial charge in [-0.2, -0.15) is 0 Å². The molecule has 4 amide bonds. The number of hydrogen-bond acceptors (Lipinski definition) is 5. The molecular formula is C33H55N5O4. The van der Waals surface area contributed by atoms with Crippen molar-refractivity contribution in [1.82, 2.24) is 24.9 Å². The van der Waals surface area contributed by atoms with Crippen molar-refractivity contribution in [1.29, 1.82) is 0 Å². The van der Waals surface area contributed by atoms with Gasteiger partial charge in [-0.15, -0.1) is 6.42 Å². The molecule has 2 fully saturated rings. The summed E-state index contributed by atoms with van der Waals surface area (Å²) >= 11 is 0. The van der Waals surface area contributed by atoms with Crippen molar-refractivity contribution in [2.45, 2.75) is 118 Å². The lowest BCUT2D eigenvalue weighted by Crippen LogP contribution is -2.60. The number of carbonyl (C=O) groups is 4. The average molecular weight is 586 g/mol. The molecule has 2 aliphatic rings. The monoisotopic (exact) mass is 585 g/mol. The van der Waals surface area contributed by atoms with E-state index in [0.717, 1.165) is 32.2 Å². The highest BCUT2D eigenvalue weighted by molar-refractivity contribution is 5.97. The van der Waals surface area contributed by atoms with E-state index in [0.29, 0.717) is 18.5 Å². The second-order valence-corrected chi connectivity index (χ2v) is 13.7. The van der Waals surface area contributed by atoms with Crippen LogP contribution in [-0.2, 0) is 19.2 Å². The van der Waals surface area contributed by atoms with Crippen LogP contribution in [0.5, 0.6) is 0 Å². The Bertz CT molecular complexity index is 1050. The van der Waals surface area contributed by atoms with E-state index in [1.807, 2.05) is 40.7 Å². The summed E-state index contributed by atoms with van der Waals surface area (Å²) in [5, 5.41) is 3.12. The molecule has 2 heterocycles. The van der Waals surface area contributed by atoms with E-state index in [4.69, 9.17) is 6.42 Å². The number of nitrogens with zero attached hydrogens (tertiary/aromatic N) is 4. The van der Waals surface area contributed by atoms with Gasteiger partial charge in [0.05, 0.1) is 18.6 Å². The molecule has 9 heteroatoms. The SMILES string of the molecule is C#CCN(C)C(=O)[C@@H]1CCCN1C(=O)/C(C)=C/[C@H](C(C)C)N(C)C(=O)[C@@H](NC(=O)[C@H]1CCCCN1C(C)C)C(C)(C)C. The van der Waals surface area contributed by atoms with Gasteiger partial charge in [-0.25, -0.2) is 0 Å². The molecule has 9 nitrogen and oxygen atoms in total. The van der Waals surface area contributed by atoms with Crippen LogP contribution in [0, 0.1) is 23.7 Å². The van der Waals surface area contributed by atoms with Crippen LogP contribution >= 0.6 is 0 Å². The predicted octanol–water partition coefficient (Wildman–Crippen LogP) is 3.29. The highest BCUT2D eigenvalue weighted by atomic mass is 16.2. The van der Waals surface area contributed by atoms with Gasteiger partial charge in [0, 0.05) is 32.3 Å². The lowest BCUT2D eigenvalue weighted by atomic mass is 9.84. The molecule has 2 aliphatic heterocycles. The van der Waals surface area contributed by atoms with Gasteiger partial charge in [0.1, 0.15) is 12.1 Å². The Kier molecular flexibility index (Phi) is 12.7. The first kappa shape index (κ1) is 35.3. The third-order valence-corrected chi connectivity index (χ3v) is 8.65. The van der Waals surface area contributed by atoms with Gasteiger partial charge >= 0.3 is 0 Å². The lowest BCUT2D eigenvalue weighted by molar-refractivity contribution is -0.142. The Hall–Kier alpha value is -2.86. The summed E-state index contributed by atoms with van der Waals surface area (Å²) in [6.45, 7) is 17.4. The molecule has 0 spiro atoms. The molecule has 0 aliphatic carbocycles. The molecule has 0 aromatic carbocycles. The molecule has 0 aromatic heterocycles. The van der Waals surface area contributed by atoms with E-state index in [1.54, 1.807) is 30.8 Å². The number of hydrogen-bond donors (Lipinski definition) is 1. The average Bonchev–Trinajstić information content (AvgIpc) is 3.41. The van der Waals surface area contributed by atoms with E-state index in [2.05, 4.69) is 30.0 Å². The van der Waals surface area contributed by atoms with E-state index < -0.39 is 17.5 Å². The van der Waals surface area contributed by atoms with Crippen molar-refractivity contribution in [2.75, 3.05) is 33.7 Å². The Balaban J connectivity index is 2.28. The van der Waals surface area contributed by atoms with Crippen molar-refractivity contribution >= 4 is 23.6 Å². The second-order valence-electron chi connectivity index (χ2n) is 13.7. The highest BCUT2D eigenvalue weighted by Gasteiger charge is 2.40. The minimum Gasteiger partial charge on any atom is -0.342 e. The Morgan fingerprint density at radius 3 is 2.17 bits per heavy atom. The van der Waals surface area contributed by atoms with Gasteiger partial charge < -0.3 is 20.0 Å². The maximum Gasteiger partial charge on any atom is 0.249 e. The van der Waals surface area contributed by atoms with Crippen LogP contribution in [0.4, 0.5) is 0 Å². The maximum absolute atomic E-state index is 14.1. The van der Waals surface area contributed by atoms with Crippen molar-refractivity contribution in [3.8, 4) is 12.3 Å². The molecule has 0 saturated carbocycles. The van der Waals surface area contributed by atoms with Gasteiger partial charge in [0.25, 0.3) is 0 Å². The molecule has 2 rings (SSSR count). The Labute approximate surface area is 254 Å². The van der Waals surface area contributed by atoms with Crippen LogP contribution in [0.25, 0.3) is 0 Å². The Morgan fingerprint density at radius 1 is 1.00 bits per heavy atom. The first-order chi connectivity index (χ1) is 19.5. The number of nitrogens with one attached hydrogen (secondary N) is 1. The second kappa shape index (κ2) is 15.0. The zero-order valence-corrected chi connectivity index (χ0v) is 27.7. The van der Waals surface area contributed by atoms with Gasteiger partial charge in [-0.05, 0) is 64.3 Å². The van der Waals surface area contributed by atoms with E-state index in [1.165, 1.54) is 4.90 Å². The van der Waals surface area contributed by atoms with Crippen LogP contribution < -0.4 is 5.32 Å². The number of amides is 4. The molecule has 4 atom stereocenters. The summed E-state index contributed by atoms with van der Waals surface area (Å²) in [4.78, 5) is 61.1. The van der Waals surface area contributed by atoms with Crippen LogP contribution in [0.15, 0.2) is 11.6 Å². The summed E-state index contributed by atoms with van der Waals surface area (Å²) in [5.74, 6) is 1.83. The van der Waals surface area contributed by atoms with Crippen LogP contribution in [-0.4, -0.2) is 107 Å². The zero-order chi connectivity index (χ0) is 31.9. The van der Waals surface area contributed by atoms with Crippen molar-refractivity contribution in [2.24, 2.45) is 11.3 Å². The van der Waals surface area contributed by atoms with Crippen LogP contribution in [0.1, 0.15) is 87.5 Å². The van der Waals surface area contributed by atoms with Crippen LogP contribution in [0.2, 0.25) is 0 Å². The fourth-order valence-electron chi connectivity index (χ4n) is 6.13. The molecule has 0 radical (unpaired) electrons. The van der Waals surface area contributed by atoms with E-state index in [9.17, 15) is 19.2 Å². The molecule has 0 unspecified atom stereocenters. The standard InChI is InChI=1S/C33H55N5O4/c1-12-18-35(10)31(41)26-17-15-20-38(26)30(40)24(6)21-27(22(2)3)36(11)32(42)28(33(7,8)9)34-29(39)25-16-13-14-19-37(25)23(4)5/h1,21-23,25-28H,13-20H2,2-11H3,(H,34,39)/b24-21+/t25-,26+,27-,28-/m1/s1. The quantitative estimate of drug-likeness (QED) is 0.314. The molecule has 236 valence electrons. The third kappa shape index (κ3) is 8.59. The summed E-state index contributed by atoms with van der Waals surface area (Å²) in [5.41, 5.74) is -0.0408. The van der Waals surface area contributed by atoms with Crippen molar-refractivity contribution < 1.29 is 19.2 Å². The van der Waals surface area contributed by atoms with Gasteiger partial charge in [-0.1, -0.05) is 53.0 Å². The van der Waals surface area contributed by atoms with Gasteiger partial charge in [-0.3, -0.25) is 24.1 Å². The minimum absolute atomic E-state index is 0.00515. The minimum atomic E-state index is -0.733. The molecule has 0 bridgehead atoms. The van der Waals surface area contributed by atoms with Crippen molar-refractivity contribution in [3.05, 3.63) is 11.6 Å². The number of carbonyl (C=O) groups excluding carboxylic acids is 4. The molecule has 2 saturated heterocycles. The number of piperidine rings is 1. The largest absolute Gasteiger partial charge is 0.342 e. The molecule has 0 aromatic rings. The van der Waals surface area contributed by atoms with E-state index in [-0.39, 0.29) is 54.2 Å².